The first-order valence-corrected chi connectivity index (χ1v) is 7.15. The molecule has 23 heavy (non-hydrogen) atoms. The molecule has 2 aromatic heterocycles. The molecule has 0 bridgehead atoms. The SMILES string of the molecule is Cc1ccn(C)c(=O)c1NC(=O)c1ccnn1-c1ccccc1. The maximum Gasteiger partial charge on any atom is 0.274 e. The molecular weight excluding hydrogens is 292 g/mol. The van der Waals surface area contributed by atoms with Crippen molar-refractivity contribution in [2.75, 3.05) is 5.32 Å². The van der Waals surface area contributed by atoms with Crippen molar-refractivity contribution in [2.45, 2.75) is 6.92 Å². The van der Waals surface area contributed by atoms with E-state index in [1.54, 1.807) is 38.5 Å². The highest BCUT2D eigenvalue weighted by Crippen LogP contribution is 2.13. The number of hydrogen-bond acceptors (Lipinski definition) is 3. The van der Waals surface area contributed by atoms with E-state index in [0.717, 1.165) is 5.69 Å². The summed E-state index contributed by atoms with van der Waals surface area (Å²) in [6.07, 6.45) is 3.22. The molecule has 0 unspecified atom stereocenters. The minimum Gasteiger partial charge on any atom is -0.317 e. The van der Waals surface area contributed by atoms with Gasteiger partial charge in [-0.05, 0) is 36.8 Å². The van der Waals surface area contributed by atoms with Gasteiger partial charge in [-0.2, -0.15) is 5.10 Å². The number of nitrogens with one attached hydrogen (secondary N) is 1. The number of amides is 1. The number of carbonyl (C=O) groups is 1. The molecule has 3 aromatic rings. The van der Waals surface area contributed by atoms with Crippen LogP contribution < -0.4 is 10.9 Å². The van der Waals surface area contributed by atoms with Gasteiger partial charge in [-0.1, -0.05) is 18.2 Å². The second-order valence-corrected chi connectivity index (χ2v) is 5.21. The van der Waals surface area contributed by atoms with Crippen molar-refractivity contribution in [2.24, 2.45) is 7.05 Å². The molecule has 0 saturated heterocycles. The summed E-state index contributed by atoms with van der Waals surface area (Å²) in [5.74, 6) is -0.377. The van der Waals surface area contributed by atoms with Crippen molar-refractivity contribution in [3.63, 3.8) is 0 Å². The van der Waals surface area contributed by atoms with Crippen LogP contribution in [0.1, 0.15) is 16.1 Å². The van der Waals surface area contributed by atoms with Crippen LogP contribution in [0.15, 0.2) is 59.7 Å². The highest BCUT2D eigenvalue weighted by molar-refractivity contribution is 6.03. The largest absolute Gasteiger partial charge is 0.317 e. The highest BCUT2D eigenvalue weighted by atomic mass is 16.2. The van der Waals surface area contributed by atoms with Crippen LogP contribution in [0.2, 0.25) is 0 Å². The summed E-state index contributed by atoms with van der Waals surface area (Å²) in [6, 6.07) is 12.7. The topological polar surface area (TPSA) is 68.9 Å². The fraction of sp³-hybridized carbons (Fsp3) is 0.118. The van der Waals surface area contributed by atoms with Crippen molar-refractivity contribution < 1.29 is 4.79 Å². The molecule has 6 heteroatoms. The van der Waals surface area contributed by atoms with E-state index in [-0.39, 0.29) is 17.2 Å². The van der Waals surface area contributed by atoms with Gasteiger partial charge in [-0.25, -0.2) is 4.68 Å². The molecule has 0 atom stereocenters. The van der Waals surface area contributed by atoms with E-state index in [2.05, 4.69) is 10.4 Å². The third-order valence-corrected chi connectivity index (χ3v) is 3.59. The molecule has 0 saturated carbocycles. The smallest absolute Gasteiger partial charge is 0.274 e. The zero-order chi connectivity index (χ0) is 16.4. The summed E-state index contributed by atoms with van der Waals surface area (Å²) in [7, 11) is 1.64. The number of rotatable bonds is 3. The van der Waals surface area contributed by atoms with E-state index in [0.29, 0.717) is 11.3 Å². The van der Waals surface area contributed by atoms with Crippen LogP contribution in [-0.4, -0.2) is 20.3 Å². The van der Waals surface area contributed by atoms with E-state index in [4.69, 9.17) is 0 Å². The summed E-state index contributed by atoms with van der Waals surface area (Å²) in [6.45, 7) is 1.78. The third kappa shape index (κ3) is 2.78. The fourth-order valence-electron chi connectivity index (χ4n) is 2.30. The molecule has 2 heterocycles. The van der Waals surface area contributed by atoms with Crippen molar-refractivity contribution in [1.29, 1.82) is 0 Å². The molecule has 0 aliphatic heterocycles. The van der Waals surface area contributed by atoms with Crippen molar-refractivity contribution in [1.82, 2.24) is 14.3 Å². The quantitative estimate of drug-likeness (QED) is 0.806. The number of hydrogen-bond donors (Lipinski definition) is 1. The van der Waals surface area contributed by atoms with Gasteiger partial charge in [0.25, 0.3) is 11.5 Å². The Kier molecular flexibility index (Phi) is 3.80. The van der Waals surface area contributed by atoms with Crippen LogP contribution in [-0.2, 0) is 7.05 Å². The predicted molar refractivity (Wildman–Crippen MR) is 87.9 cm³/mol. The summed E-state index contributed by atoms with van der Waals surface area (Å²) < 4.78 is 2.97. The number of carbonyl (C=O) groups excluding carboxylic acids is 1. The van der Waals surface area contributed by atoms with Crippen LogP contribution in [0.5, 0.6) is 0 Å². The van der Waals surface area contributed by atoms with Gasteiger partial charge in [-0.3, -0.25) is 9.59 Å². The van der Waals surface area contributed by atoms with Gasteiger partial charge in [0.2, 0.25) is 0 Å². The van der Waals surface area contributed by atoms with E-state index in [9.17, 15) is 9.59 Å². The molecule has 0 aliphatic carbocycles. The number of benzene rings is 1. The lowest BCUT2D eigenvalue weighted by atomic mass is 10.2. The minimum absolute atomic E-state index is 0.246. The Morgan fingerprint density at radius 3 is 2.61 bits per heavy atom. The molecule has 0 spiro atoms. The van der Waals surface area contributed by atoms with E-state index in [1.807, 2.05) is 30.3 Å². The standard InChI is InChI=1S/C17H16N4O2/c1-12-9-11-20(2)17(23)15(12)19-16(22)14-8-10-18-21(14)13-6-4-3-5-7-13/h3-11H,1-2H3,(H,19,22). The molecule has 1 N–H and O–H groups in total. The highest BCUT2D eigenvalue weighted by Gasteiger charge is 2.16. The molecule has 6 nitrogen and oxygen atoms in total. The third-order valence-electron chi connectivity index (χ3n) is 3.59. The first-order valence-electron chi connectivity index (χ1n) is 7.15. The monoisotopic (exact) mass is 308 g/mol. The second-order valence-electron chi connectivity index (χ2n) is 5.21. The molecule has 0 radical (unpaired) electrons. The molecule has 116 valence electrons. The zero-order valence-corrected chi connectivity index (χ0v) is 12.9. The maximum atomic E-state index is 12.6. The van der Waals surface area contributed by atoms with Gasteiger partial charge >= 0.3 is 0 Å². The van der Waals surface area contributed by atoms with Gasteiger partial charge in [0.05, 0.1) is 11.9 Å². The van der Waals surface area contributed by atoms with E-state index < -0.39 is 0 Å². The Balaban J connectivity index is 1.96. The average molecular weight is 308 g/mol. The predicted octanol–water partition coefficient (Wildman–Crippen LogP) is 2.13. The van der Waals surface area contributed by atoms with Gasteiger partial charge in [0.1, 0.15) is 11.4 Å². The number of aryl methyl sites for hydroxylation is 2. The summed E-state index contributed by atoms with van der Waals surface area (Å²) in [5, 5.41) is 6.88. The Hall–Kier alpha value is -3.15. The zero-order valence-electron chi connectivity index (χ0n) is 12.9. The van der Waals surface area contributed by atoms with E-state index in [1.165, 1.54) is 9.25 Å². The normalized spacial score (nSPS) is 10.5. The van der Waals surface area contributed by atoms with Gasteiger partial charge in [-0.15, -0.1) is 0 Å². The van der Waals surface area contributed by atoms with Gasteiger partial charge < -0.3 is 9.88 Å². The molecule has 1 amide bonds. The molecular formula is C17H16N4O2. The Labute approximate surface area is 133 Å². The fourth-order valence-corrected chi connectivity index (χ4v) is 2.30. The number of nitrogens with zero attached hydrogens (tertiary/aromatic N) is 3. The first-order chi connectivity index (χ1) is 11.1. The molecule has 0 aliphatic rings. The Morgan fingerprint density at radius 2 is 1.87 bits per heavy atom. The summed E-state index contributed by atoms with van der Waals surface area (Å²) >= 11 is 0. The molecule has 0 fully saturated rings. The van der Waals surface area contributed by atoms with Crippen molar-refractivity contribution in [3.8, 4) is 5.69 Å². The molecule has 3 rings (SSSR count). The molecule has 1 aromatic carbocycles. The van der Waals surface area contributed by atoms with Crippen LogP contribution in [0.25, 0.3) is 5.69 Å². The Bertz CT molecular complexity index is 910. The number of pyridine rings is 1. The van der Waals surface area contributed by atoms with Crippen molar-refractivity contribution >= 4 is 11.6 Å². The van der Waals surface area contributed by atoms with Crippen LogP contribution in [0.3, 0.4) is 0 Å². The Morgan fingerprint density at radius 1 is 1.13 bits per heavy atom. The first kappa shape index (κ1) is 14.8. The van der Waals surface area contributed by atoms with Crippen LogP contribution >= 0.6 is 0 Å². The summed E-state index contributed by atoms with van der Waals surface area (Å²) in [4.78, 5) is 24.7. The van der Waals surface area contributed by atoms with Gasteiger partial charge in [0.15, 0.2) is 0 Å². The lowest BCUT2D eigenvalue weighted by molar-refractivity contribution is 0.101. The van der Waals surface area contributed by atoms with Crippen LogP contribution in [0, 0.1) is 6.92 Å². The number of anilines is 1. The van der Waals surface area contributed by atoms with Crippen molar-refractivity contribution in [3.05, 3.63) is 76.5 Å². The lowest BCUT2D eigenvalue weighted by Gasteiger charge is -2.10. The number of aromatic nitrogens is 3. The maximum absolute atomic E-state index is 12.6. The summed E-state index contributed by atoms with van der Waals surface area (Å²) in [5.41, 5.74) is 1.89. The average Bonchev–Trinajstić information content (AvgIpc) is 3.05. The van der Waals surface area contributed by atoms with Gasteiger partial charge in [0, 0.05) is 13.2 Å². The minimum atomic E-state index is -0.377. The van der Waals surface area contributed by atoms with E-state index >= 15 is 0 Å². The lowest BCUT2D eigenvalue weighted by Crippen LogP contribution is -2.26. The second kappa shape index (κ2) is 5.92. The number of para-hydroxylation sites is 1. The van der Waals surface area contributed by atoms with Crippen LogP contribution in [0.4, 0.5) is 5.69 Å².